The Morgan fingerprint density at radius 2 is 2.08 bits per heavy atom. The molecule has 0 aromatic heterocycles. The molecule has 2 rings (SSSR count). The SMILES string of the molecule is CC1(C)CC(=O)C2OC2(C)C1O. The molecule has 0 bridgehead atoms. The molecule has 2 aliphatic rings. The number of aliphatic hydroxyl groups is 1. The molecule has 3 unspecified atom stereocenters. The van der Waals surface area contributed by atoms with Crippen molar-refractivity contribution >= 4 is 5.78 Å². The molecule has 0 amide bonds. The number of fused-ring (bicyclic) bond motifs is 1. The van der Waals surface area contributed by atoms with E-state index in [2.05, 4.69) is 0 Å². The highest BCUT2D eigenvalue weighted by molar-refractivity contribution is 5.89. The minimum atomic E-state index is -0.584. The number of Topliss-reactive ketones (excluding diaryl/α,β-unsaturated/α-hetero) is 1. The molecule has 1 saturated heterocycles. The average Bonchev–Trinajstić information content (AvgIpc) is 2.60. The third-order valence-electron chi connectivity index (χ3n) is 3.04. The number of hydrogen-bond donors (Lipinski definition) is 1. The molecular weight excluding hydrogens is 156 g/mol. The lowest BCUT2D eigenvalue weighted by atomic mass is 9.70. The fourth-order valence-electron chi connectivity index (χ4n) is 2.23. The lowest BCUT2D eigenvalue weighted by molar-refractivity contribution is -0.126. The second-order valence-electron chi connectivity index (χ2n) is 4.72. The summed E-state index contributed by atoms with van der Waals surface area (Å²) < 4.78 is 5.23. The zero-order chi connectivity index (χ0) is 9.15. The van der Waals surface area contributed by atoms with E-state index in [1.807, 2.05) is 13.8 Å². The topological polar surface area (TPSA) is 49.8 Å². The van der Waals surface area contributed by atoms with Crippen molar-refractivity contribution in [1.29, 1.82) is 0 Å². The monoisotopic (exact) mass is 170 g/mol. The average molecular weight is 170 g/mol. The van der Waals surface area contributed by atoms with E-state index < -0.39 is 11.7 Å². The van der Waals surface area contributed by atoms with Crippen molar-refractivity contribution < 1.29 is 14.6 Å². The quantitative estimate of drug-likeness (QED) is 0.539. The number of aliphatic hydroxyl groups excluding tert-OH is 1. The highest BCUT2D eigenvalue weighted by atomic mass is 16.6. The van der Waals surface area contributed by atoms with Crippen LogP contribution in [0.2, 0.25) is 0 Å². The first-order valence-corrected chi connectivity index (χ1v) is 4.26. The van der Waals surface area contributed by atoms with Gasteiger partial charge in [0.15, 0.2) is 5.78 Å². The van der Waals surface area contributed by atoms with Crippen LogP contribution in [0, 0.1) is 5.41 Å². The first-order valence-electron chi connectivity index (χ1n) is 4.26. The Balaban J connectivity index is 2.31. The highest BCUT2D eigenvalue weighted by Crippen LogP contribution is 2.52. The highest BCUT2D eigenvalue weighted by Gasteiger charge is 2.68. The second-order valence-corrected chi connectivity index (χ2v) is 4.72. The number of hydrogen-bond acceptors (Lipinski definition) is 3. The van der Waals surface area contributed by atoms with Crippen LogP contribution in [-0.2, 0) is 9.53 Å². The number of rotatable bonds is 0. The number of carbonyl (C=O) groups is 1. The van der Waals surface area contributed by atoms with Crippen molar-refractivity contribution in [3.05, 3.63) is 0 Å². The van der Waals surface area contributed by atoms with Crippen LogP contribution < -0.4 is 0 Å². The van der Waals surface area contributed by atoms with E-state index in [1.165, 1.54) is 0 Å². The molecule has 0 aromatic carbocycles. The van der Waals surface area contributed by atoms with Gasteiger partial charge >= 0.3 is 0 Å². The van der Waals surface area contributed by atoms with Gasteiger partial charge in [0.2, 0.25) is 0 Å². The summed E-state index contributed by atoms with van der Waals surface area (Å²) in [5, 5.41) is 9.85. The summed E-state index contributed by atoms with van der Waals surface area (Å²) in [4.78, 5) is 11.4. The van der Waals surface area contributed by atoms with Crippen molar-refractivity contribution in [2.24, 2.45) is 5.41 Å². The van der Waals surface area contributed by atoms with Gasteiger partial charge in [0.1, 0.15) is 11.7 Å². The van der Waals surface area contributed by atoms with Gasteiger partial charge < -0.3 is 9.84 Å². The third-order valence-corrected chi connectivity index (χ3v) is 3.04. The summed E-state index contributed by atoms with van der Waals surface area (Å²) >= 11 is 0. The number of carbonyl (C=O) groups excluding carboxylic acids is 1. The molecule has 3 atom stereocenters. The standard InChI is InChI=1S/C9H14O3/c1-8(2)4-5(10)6-9(3,12-6)7(8)11/h6-7,11H,4H2,1-3H3. The maximum absolute atomic E-state index is 11.4. The first-order chi connectivity index (χ1) is 5.38. The van der Waals surface area contributed by atoms with Gasteiger partial charge in [0.25, 0.3) is 0 Å². The molecule has 0 spiro atoms. The Kier molecular flexibility index (Phi) is 1.30. The summed E-state index contributed by atoms with van der Waals surface area (Å²) in [6.45, 7) is 5.61. The minimum absolute atomic E-state index is 0.132. The van der Waals surface area contributed by atoms with Crippen LogP contribution in [0.1, 0.15) is 27.2 Å². The molecule has 0 aromatic rings. The third kappa shape index (κ3) is 0.808. The molecule has 12 heavy (non-hydrogen) atoms. The van der Waals surface area contributed by atoms with Crippen molar-refractivity contribution in [2.75, 3.05) is 0 Å². The van der Waals surface area contributed by atoms with Crippen LogP contribution in [0.5, 0.6) is 0 Å². The van der Waals surface area contributed by atoms with Crippen LogP contribution in [0.25, 0.3) is 0 Å². The van der Waals surface area contributed by atoms with E-state index in [0.29, 0.717) is 6.42 Å². The molecule has 3 heteroatoms. The van der Waals surface area contributed by atoms with E-state index in [1.54, 1.807) is 6.92 Å². The molecule has 1 aliphatic heterocycles. The van der Waals surface area contributed by atoms with Gasteiger partial charge in [-0.25, -0.2) is 0 Å². The van der Waals surface area contributed by atoms with Gasteiger partial charge in [0.05, 0.1) is 6.10 Å². The van der Waals surface area contributed by atoms with Crippen LogP contribution in [0.4, 0.5) is 0 Å². The predicted octanol–water partition coefficient (Wildman–Crippen LogP) is 0.504. The molecule has 3 nitrogen and oxygen atoms in total. The van der Waals surface area contributed by atoms with Gasteiger partial charge in [0, 0.05) is 11.8 Å². The maximum atomic E-state index is 11.4. The minimum Gasteiger partial charge on any atom is -0.389 e. The van der Waals surface area contributed by atoms with Gasteiger partial charge in [-0.2, -0.15) is 0 Å². The number of epoxide rings is 1. The summed E-state index contributed by atoms with van der Waals surface area (Å²) in [6.07, 6.45) is -0.428. The Hall–Kier alpha value is -0.410. The largest absolute Gasteiger partial charge is 0.389 e. The summed E-state index contributed by atoms with van der Waals surface area (Å²) in [5.74, 6) is 0.132. The van der Waals surface area contributed by atoms with Crippen LogP contribution in [-0.4, -0.2) is 28.7 Å². The summed E-state index contributed by atoms with van der Waals surface area (Å²) in [7, 11) is 0. The van der Waals surface area contributed by atoms with E-state index in [9.17, 15) is 9.90 Å². The fraction of sp³-hybridized carbons (Fsp3) is 0.889. The Morgan fingerprint density at radius 3 is 2.67 bits per heavy atom. The second kappa shape index (κ2) is 1.91. The Labute approximate surface area is 71.7 Å². The van der Waals surface area contributed by atoms with E-state index >= 15 is 0 Å². The normalized spacial score (nSPS) is 50.2. The summed E-state index contributed by atoms with van der Waals surface area (Å²) in [6, 6.07) is 0. The van der Waals surface area contributed by atoms with E-state index in [-0.39, 0.29) is 17.3 Å². The van der Waals surface area contributed by atoms with E-state index in [0.717, 1.165) is 0 Å². The molecule has 2 fully saturated rings. The smallest absolute Gasteiger partial charge is 0.165 e. The molecule has 1 saturated carbocycles. The number of ketones is 1. The molecule has 1 N–H and O–H groups in total. The van der Waals surface area contributed by atoms with Gasteiger partial charge in [-0.05, 0) is 6.92 Å². The van der Waals surface area contributed by atoms with Gasteiger partial charge in [-0.3, -0.25) is 4.79 Å². The molecule has 0 radical (unpaired) electrons. The predicted molar refractivity (Wildman–Crippen MR) is 42.7 cm³/mol. The Morgan fingerprint density at radius 1 is 1.50 bits per heavy atom. The lowest BCUT2D eigenvalue weighted by Gasteiger charge is -2.35. The lowest BCUT2D eigenvalue weighted by Crippen LogP contribution is -2.48. The van der Waals surface area contributed by atoms with Crippen molar-refractivity contribution in [1.82, 2.24) is 0 Å². The zero-order valence-corrected chi connectivity index (χ0v) is 7.63. The summed E-state index contributed by atoms with van der Waals surface area (Å²) in [5.41, 5.74) is -0.919. The van der Waals surface area contributed by atoms with E-state index in [4.69, 9.17) is 4.74 Å². The van der Waals surface area contributed by atoms with Gasteiger partial charge in [-0.1, -0.05) is 13.8 Å². The Bertz CT molecular complexity index is 241. The molecule has 68 valence electrons. The van der Waals surface area contributed by atoms with Crippen molar-refractivity contribution in [2.45, 2.75) is 45.0 Å². The van der Waals surface area contributed by atoms with Crippen LogP contribution in [0.15, 0.2) is 0 Å². The fourth-order valence-corrected chi connectivity index (χ4v) is 2.23. The van der Waals surface area contributed by atoms with Crippen LogP contribution >= 0.6 is 0 Å². The maximum Gasteiger partial charge on any atom is 0.165 e. The van der Waals surface area contributed by atoms with Crippen molar-refractivity contribution in [3.63, 3.8) is 0 Å². The molecular formula is C9H14O3. The first kappa shape index (κ1) is 8.20. The van der Waals surface area contributed by atoms with Gasteiger partial charge in [-0.15, -0.1) is 0 Å². The van der Waals surface area contributed by atoms with Crippen LogP contribution in [0.3, 0.4) is 0 Å². The molecule has 1 heterocycles. The number of ether oxygens (including phenoxy) is 1. The van der Waals surface area contributed by atoms with Crippen molar-refractivity contribution in [3.8, 4) is 0 Å². The zero-order valence-electron chi connectivity index (χ0n) is 7.63. The molecule has 1 aliphatic carbocycles.